The fourth-order valence-corrected chi connectivity index (χ4v) is 4.68. The van der Waals surface area contributed by atoms with E-state index in [0.717, 1.165) is 31.3 Å². The van der Waals surface area contributed by atoms with E-state index < -0.39 is 0 Å². The van der Waals surface area contributed by atoms with Crippen molar-refractivity contribution >= 4 is 5.69 Å². The van der Waals surface area contributed by atoms with E-state index in [2.05, 4.69) is 93.4 Å². The number of benzene rings is 2. The Morgan fingerprint density at radius 2 is 1.70 bits per heavy atom. The number of nitrogens with one attached hydrogen (secondary N) is 1. The molecule has 164 valence electrons. The highest BCUT2D eigenvalue weighted by Crippen LogP contribution is 2.27. The first kappa shape index (κ1) is 22.9. The SMILES string of the molecule is CCC1CC(C)CCN1CCc1cc(CCNc2ccccc2)cc(C(C)(C)C)c1. The van der Waals surface area contributed by atoms with E-state index in [4.69, 9.17) is 0 Å². The minimum atomic E-state index is 0.185. The normalized spacial score (nSPS) is 20.3. The van der Waals surface area contributed by atoms with E-state index >= 15 is 0 Å². The molecule has 2 aromatic carbocycles. The van der Waals surface area contributed by atoms with E-state index in [1.54, 1.807) is 0 Å². The van der Waals surface area contributed by atoms with Crippen molar-refractivity contribution in [1.29, 1.82) is 0 Å². The molecule has 1 saturated heterocycles. The van der Waals surface area contributed by atoms with Gasteiger partial charge in [0, 0.05) is 24.8 Å². The second-order valence-electron chi connectivity index (χ2n) is 10.3. The van der Waals surface area contributed by atoms with Crippen LogP contribution >= 0.6 is 0 Å². The quantitative estimate of drug-likeness (QED) is 0.525. The van der Waals surface area contributed by atoms with E-state index in [0.29, 0.717) is 0 Å². The van der Waals surface area contributed by atoms with Crippen molar-refractivity contribution in [1.82, 2.24) is 4.90 Å². The summed E-state index contributed by atoms with van der Waals surface area (Å²) < 4.78 is 0. The molecule has 2 unspecified atom stereocenters. The molecule has 1 N–H and O–H groups in total. The summed E-state index contributed by atoms with van der Waals surface area (Å²) in [7, 11) is 0. The molecule has 1 heterocycles. The predicted octanol–water partition coefficient (Wildman–Crippen LogP) is 6.69. The van der Waals surface area contributed by atoms with Gasteiger partial charge in [-0.15, -0.1) is 0 Å². The summed E-state index contributed by atoms with van der Waals surface area (Å²) in [5.41, 5.74) is 5.82. The first-order valence-corrected chi connectivity index (χ1v) is 12.0. The Morgan fingerprint density at radius 1 is 1.00 bits per heavy atom. The van der Waals surface area contributed by atoms with Gasteiger partial charge in [-0.1, -0.05) is 71.0 Å². The lowest BCUT2D eigenvalue weighted by Crippen LogP contribution is -2.42. The molecule has 0 aromatic heterocycles. The highest BCUT2D eigenvalue weighted by atomic mass is 15.2. The van der Waals surface area contributed by atoms with Crippen LogP contribution in [0.3, 0.4) is 0 Å². The van der Waals surface area contributed by atoms with Gasteiger partial charge < -0.3 is 10.2 Å². The molecule has 2 aromatic rings. The van der Waals surface area contributed by atoms with Gasteiger partial charge in [0.2, 0.25) is 0 Å². The summed E-state index contributed by atoms with van der Waals surface area (Å²) in [6, 6.07) is 18.6. The average molecular weight is 407 g/mol. The number of anilines is 1. The second-order valence-corrected chi connectivity index (χ2v) is 10.3. The van der Waals surface area contributed by atoms with Crippen molar-refractivity contribution in [3.63, 3.8) is 0 Å². The first-order valence-electron chi connectivity index (χ1n) is 12.0. The van der Waals surface area contributed by atoms with Crippen molar-refractivity contribution in [3.05, 3.63) is 65.2 Å². The highest BCUT2D eigenvalue weighted by molar-refractivity contribution is 5.43. The fraction of sp³-hybridized carbons (Fsp3) is 0.571. The topological polar surface area (TPSA) is 15.3 Å². The minimum Gasteiger partial charge on any atom is -0.385 e. The molecule has 0 bridgehead atoms. The van der Waals surface area contributed by atoms with Crippen LogP contribution in [0.5, 0.6) is 0 Å². The van der Waals surface area contributed by atoms with Crippen molar-refractivity contribution in [2.24, 2.45) is 5.92 Å². The number of piperidine rings is 1. The fourth-order valence-electron chi connectivity index (χ4n) is 4.68. The van der Waals surface area contributed by atoms with Gasteiger partial charge in [-0.2, -0.15) is 0 Å². The Bertz CT molecular complexity index is 775. The third-order valence-electron chi connectivity index (χ3n) is 6.69. The molecule has 30 heavy (non-hydrogen) atoms. The summed E-state index contributed by atoms with van der Waals surface area (Å²) in [4.78, 5) is 2.75. The molecule has 0 spiro atoms. The first-order chi connectivity index (χ1) is 14.3. The maximum atomic E-state index is 3.56. The predicted molar refractivity (Wildman–Crippen MR) is 132 cm³/mol. The molecule has 0 aliphatic carbocycles. The van der Waals surface area contributed by atoms with Gasteiger partial charge in [-0.05, 0) is 78.8 Å². The maximum absolute atomic E-state index is 3.56. The molecular weight excluding hydrogens is 364 g/mol. The third-order valence-corrected chi connectivity index (χ3v) is 6.69. The molecule has 1 aliphatic rings. The number of hydrogen-bond acceptors (Lipinski definition) is 2. The smallest absolute Gasteiger partial charge is 0.0340 e. The average Bonchev–Trinajstić information content (AvgIpc) is 2.73. The zero-order chi connectivity index (χ0) is 21.6. The molecule has 2 atom stereocenters. The van der Waals surface area contributed by atoms with Crippen LogP contribution in [0.15, 0.2) is 48.5 Å². The number of rotatable bonds is 8. The highest BCUT2D eigenvalue weighted by Gasteiger charge is 2.24. The number of likely N-dealkylation sites (tertiary alicyclic amines) is 1. The lowest BCUT2D eigenvalue weighted by molar-refractivity contribution is 0.116. The van der Waals surface area contributed by atoms with Crippen LogP contribution < -0.4 is 5.32 Å². The van der Waals surface area contributed by atoms with Crippen molar-refractivity contribution in [2.45, 2.75) is 78.2 Å². The Hall–Kier alpha value is -1.80. The van der Waals surface area contributed by atoms with Crippen molar-refractivity contribution in [2.75, 3.05) is 25.0 Å². The van der Waals surface area contributed by atoms with Gasteiger partial charge in [-0.25, -0.2) is 0 Å². The minimum absolute atomic E-state index is 0.185. The third kappa shape index (κ3) is 6.60. The van der Waals surface area contributed by atoms with E-state index in [1.165, 1.54) is 54.7 Å². The standard InChI is InChI=1S/C28H42N2/c1-6-27-18-22(2)13-16-30(27)17-14-24-19-23(20-25(21-24)28(3,4)5)12-15-29-26-10-8-7-9-11-26/h7-11,19-22,27,29H,6,12-18H2,1-5H3. The Labute approximate surface area is 185 Å². The van der Waals surface area contributed by atoms with Crippen LogP contribution in [0.1, 0.15) is 70.6 Å². The number of hydrogen-bond donors (Lipinski definition) is 1. The second kappa shape index (κ2) is 10.5. The van der Waals surface area contributed by atoms with Crippen LogP contribution in [0.2, 0.25) is 0 Å². The Kier molecular flexibility index (Phi) is 7.99. The summed E-state index contributed by atoms with van der Waals surface area (Å²) in [6.07, 6.45) is 6.23. The Balaban J connectivity index is 1.66. The van der Waals surface area contributed by atoms with Crippen LogP contribution in [0.25, 0.3) is 0 Å². The molecule has 1 fully saturated rings. The van der Waals surface area contributed by atoms with Gasteiger partial charge in [0.05, 0.1) is 0 Å². The van der Waals surface area contributed by atoms with Crippen LogP contribution in [-0.2, 0) is 18.3 Å². The monoisotopic (exact) mass is 406 g/mol. The van der Waals surface area contributed by atoms with E-state index in [-0.39, 0.29) is 5.41 Å². The molecule has 2 nitrogen and oxygen atoms in total. The molecule has 1 aliphatic heterocycles. The molecule has 3 rings (SSSR count). The number of nitrogens with zero attached hydrogens (tertiary/aromatic N) is 1. The van der Waals surface area contributed by atoms with Gasteiger partial charge in [-0.3, -0.25) is 0 Å². The number of para-hydroxylation sites is 1. The zero-order valence-electron chi connectivity index (χ0n) is 19.9. The maximum Gasteiger partial charge on any atom is 0.0340 e. The van der Waals surface area contributed by atoms with E-state index in [9.17, 15) is 0 Å². The molecule has 2 heteroatoms. The van der Waals surface area contributed by atoms with Gasteiger partial charge >= 0.3 is 0 Å². The summed E-state index contributed by atoms with van der Waals surface area (Å²) in [5, 5.41) is 3.56. The summed E-state index contributed by atoms with van der Waals surface area (Å²) in [5.74, 6) is 0.888. The molecule has 0 saturated carbocycles. The lowest BCUT2D eigenvalue weighted by atomic mass is 9.84. The van der Waals surface area contributed by atoms with Crippen LogP contribution in [0.4, 0.5) is 5.69 Å². The largest absolute Gasteiger partial charge is 0.385 e. The molecule has 0 radical (unpaired) electrons. The van der Waals surface area contributed by atoms with Crippen molar-refractivity contribution < 1.29 is 0 Å². The molecule has 0 amide bonds. The zero-order valence-corrected chi connectivity index (χ0v) is 19.9. The van der Waals surface area contributed by atoms with Crippen LogP contribution in [-0.4, -0.2) is 30.6 Å². The summed E-state index contributed by atoms with van der Waals surface area (Å²) >= 11 is 0. The van der Waals surface area contributed by atoms with Crippen LogP contribution in [0, 0.1) is 5.92 Å². The van der Waals surface area contributed by atoms with Gasteiger partial charge in [0.15, 0.2) is 0 Å². The lowest BCUT2D eigenvalue weighted by Gasteiger charge is -2.38. The Morgan fingerprint density at radius 3 is 2.37 bits per heavy atom. The van der Waals surface area contributed by atoms with Crippen molar-refractivity contribution in [3.8, 4) is 0 Å². The molecular formula is C28H42N2. The van der Waals surface area contributed by atoms with E-state index in [1.807, 2.05) is 0 Å². The van der Waals surface area contributed by atoms with Gasteiger partial charge in [0.25, 0.3) is 0 Å². The summed E-state index contributed by atoms with van der Waals surface area (Å²) in [6.45, 7) is 15.2. The van der Waals surface area contributed by atoms with Gasteiger partial charge in [0.1, 0.15) is 0 Å².